The highest BCUT2D eigenvalue weighted by Gasteiger charge is 2.32. The molecule has 1 heterocycles. The second-order valence-corrected chi connectivity index (χ2v) is 10.4. The summed E-state index contributed by atoms with van der Waals surface area (Å²) in [4.78, 5) is 11.5. The molecule has 1 aliphatic heterocycles. The minimum Gasteiger partial charge on any atom is -0.493 e. The summed E-state index contributed by atoms with van der Waals surface area (Å²) in [6, 6.07) is 6.89. The third-order valence-corrected chi connectivity index (χ3v) is 7.26. The number of carbonyl (C=O) groups is 1. The number of carbonyl (C=O) groups excluding carboxylic acids is 1. The van der Waals surface area contributed by atoms with Gasteiger partial charge in [-0.2, -0.15) is 0 Å². The second-order valence-electron chi connectivity index (χ2n) is 8.55. The number of hydrogen-bond donors (Lipinski definition) is 0. The van der Waals surface area contributed by atoms with Gasteiger partial charge in [-0.05, 0) is 61.6 Å². The molecule has 1 fully saturated rings. The first kappa shape index (κ1) is 28.3. The van der Waals surface area contributed by atoms with E-state index in [4.69, 9.17) is 28.4 Å². The van der Waals surface area contributed by atoms with Crippen LogP contribution in [-0.2, 0) is 19.4 Å². The SMILES string of the molecule is C=CS(=O)(=O)c1cc([C@H]2CC[C@H](c3cc(OC)c(OC)c(OC)c3)O2)cc(OCC(C)=O)c1OCCC. The molecule has 0 bridgehead atoms. The molecule has 9 nitrogen and oxygen atoms in total. The van der Waals surface area contributed by atoms with Gasteiger partial charge in [-0.15, -0.1) is 0 Å². The van der Waals surface area contributed by atoms with Crippen LogP contribution >= 0.6 is 0 Å². The summed E-state index contributed by atoms with van der Waals surface area (Å²) in [5, 5.41) is 0.869. The van der Waals surface area contributed by atoms with Crippen LogP contribution in [0.4, 0.5) is 0 Å². The van der Waals surface area contributed by atoms with E-state index in [2.05, 4.69) is 6.58 Å². The van der Waals surface area contributed by atoms with E-state index >= 15 is 0 Å². The van der Waals surface area contributed by atoms with Crippen LogP contribution in [0.3, 0.4) is 0 Å². The number of sulfone groups is 1. The molecule has 2 aromatic carbocycles. The maximum absolute atomic E-state index is 12.9. The van der Waals surface area contributed by atoms with Crippen LogP contribution in [0, 0.1) is 0 Å². The fourth-order valence-electron chi connectivity index (χ4n) is 4.13. The van der Waals surface area contributed by atoms with Crippen molar-refractivity contribution < 1.29 is 41.6 Å². The molecular formula is C27H34O9S. The van der Waals surface area contributed by atoms with Gasteiger partial charge < -0.3 is 28.4 Å². The van der Waals surface area contributed by atoms with E-state index in [0.717, 1.165) is 11.0 Å². The fourth-order valence-corrected chi connectivity index (χ4v) is 5.03. The molecule has 1 aliphatic rings. The summed E-state index contributed by atoms with van der Waals surface area (Å²) in [5.74, 6) is 1.53. The highest BCUT2D eigenvalue weighted by molar-refractivity contribution is 7.94. The van der Waals surface area contributed by atoms with E-state index in [1.807, 2.05) is 19.1 Å². The van der Waals surface area contributed by atoms with Crippen LogP contribution in [0.1, 0.15) is 56.4 Å². The first-order chi connectivity index (χ1) is 17.7. The number of benzene rings is 2. The molecule has 0 amide bonds. The van der Waals surface area contributed by atoms with Crippen molar-refractivity contribution in [3.8, 4) is 28.7 Å². The molecule has 202 valence electrons. The lowest BCUT2D eigenvalue weighted by atomic mass is 10.0. The monoisotopic (exact) mass is 534 g/mol. The van der Waals surface area contributed by atoms with Crippen molar-refractivity contribution in [3.63, 3.8) is 0 Å². The van der Waals surface area contributed by atoms with Gasteiger partial charge in [0, 0.05) is 5.41 Å². The summed E-state index contributed by atoms with van der Waals surface area (Å²) in [7, 11) is 0.741. The summed E-state index contributed by atoms with van der Waals surface area (Å²) in [6.07, 6.45) is 1.23. The molecule has 0 unspecified atom stereocenters. The topological polar surface area (TPSA) is 107 Å². The van der Waals surface area contributed by atoms with Crippen molar-refractivity contribution in [1.29, 1.82) is 0 Å². The Hall–Kier alpha value is -3.24. The maximum atomic E-state index is 12.9. The van der Waals surface area contributed by atoms with Gasteiger partial charge >= 0.3 is 0 Å². The lowest BCUT2D eigenvalue weighted by Gasteiger charge is -2.21. The van der Waals surface area contributed by atoms with Crippen LogP contribution in [0.15, 0.2) is 41.1 Å². The first-order valence-electron chi connectivity index (χ1n) is 11.9. The lowest BCUT2D eigenvalue weighted by Crippen LogP contribution is -2.12. The maximum Gasteiger partial charge on any atom is 0.203 e. The Balaban J connectivity index is 2.02. The van der Waals surface area contributed by atoms with Gasteiger partial charge in [0.2, 0.25) is 15.6 Å². The number of Topliss-reactive ketones (excluding diaryl/α,β-unsaturated/α-hetero) is 1. The van der Waals surface area contributed by atoms with Crippen LogP contribution in [0.5, 0.6) is 28.7 Å². The molecule has 37 heavy (non-hydrogen) atoms. The minimum absolute atomic E-state index is 0.0610. The minimum atomic E-state index is -3.89. The highest BCUT2D eigenvalue weighted by atomic mass is 32.2. The van der Waals surface area contributed by atoms with Crippen molar-refractivity contribution >= 4 is 15.6 Å². The average Bonchev–Trinajstić information content (AvgIpc) is 3.40. The van der Waals surface area contributed by atoms with Crippen molar-refractivity contribution in [2.45, 2.75) is 50.2 Å². The predicted octanol–water partition coefficient (Wildman–Crippen LogP) is 4.98. The van der Waals surface area contributed by atoms with Crippen molar-refractivity contribution in [3.05, 3.63) is 47.4 Å². The zero-order valence-corrected chi connectivity index (χ0v) is 22.7. The molecule has 1 saturated heterocycles. The van der Waals surface area contributed by atoms with E-state index in [9.17, 15) is 13.2 Å². The number of ether oxygens (including phenoxy) is 6. The Morgan fingerprint density at radius 2 is 1.51 bits per heavy atom. The molecule has 0 aromatic heterocycles. The van der Waals surface area contributed by atoms with E-state index < -0.39 is 15.9 Å². The molecule has 0 spiro atoms. The number of rotatable bonds is 13. The van der Waals surface area contributed by atoms with Gasteiger partial charge in [-0.25, -0.2) is 8.42 Å². The molecule has 3 rings (SSSR count). The molecule has 2 atom stereocenters. The van der Waals surface area contributed by atoms with Gasteiger partial charge in [-0.3, -0.25) is 4.79 Å². The number of methoxy groups -OCH3 is 3. The predicted molar refractivity (Wildman–Crippen MR) is 138 cm³/mol. The molecule has 0 radical (unpaired) electrons. The van der Waals surface area contributed by atoms with Crippen molar-refractivity contribution in [1.82, 2.24) is 0 Å². The number of hydrogen-bond acceptors (Lipinski definition) is 9. The van der Waals surface area contributed by atoms with Gasteiger partial charge in [0.15, 0.2) is 28.8 Å². The average molecular weight is 535 g/mol. The van der Waals surface area contributed by atoms with Crippen molar-refractivity contribution in [2.75, 3.05) is 34.5 Å². The molecule has 10 heteroatoms. The Labute approximate surface area is 218 Å². The van der Waals surface area contributed by atoms with Gasteiger partial charge in [0.25, 0.3) is 0 Å². The Morgan fingerprint density at radius 3 is 2.00 bits per heavy atom. The fraction of sp³-hybridized carbons (Fsp3) is 0.444. The third kappa shape index (κ3) is 6.37. The quantitative estimate of drug-likeness (QED) is 0.352. The van der Waals surface area contributed by atoms with Crippen LogP contribution in [-0.4, -0.2) is 48.7 Å². The standard InChI is InChI=1S/C27H34O9S/c1-7-11-34-27-24(35-16-17(3)28)14-19(15-25(27)37(29,30)8-2)21-10-9-20(36-21)18-12-22(31-4)26(33-6)23(13-18)32-5/h8,12-15,20-21H,2,7,9-11,16H2,1,3-6H3/t20-,21-/m1/s1. The van der Waals surface area contributed by atoms with Crippen LogP contribution < -0.4 is 23.7 Å². The smallest absolute Gasteiger partial charge is 0.203 e. The summed E-state index contributed by atoms with van der Waals surface area (Å²) in [5.41, 5.74) is 1.43. The lowest BCUT2D eigenvalue weighted by molar-refractivity contribution is -0.118. The molecule has 0 N–H and O–H groups in total. The highest BCUT2D eigenvalue weighted by Crippen LogP contribution is 2.48. The van der Waals surface area contributed by atoms with Gasteiger partial charge in [-0.1, -0.05) is 13.5 Å². The summed E-state index contributed by atoms with van der Waals surface area (Å²) < 4.78 is 60.0. The van der Waals surface area contributed by atoms with Gasteiger partial charge in [0.1, 0.15) is 11.5 Å². The zero-order valence-electron chi connectivity index (χ0n) is 21.9. The van der Waals surface area contributed by atoms with E-state index in [1.165, 1.54) is 20.1 Å². The zero-order chi connectivity index (χ0) is 27.2. The van der Waals surface area contributed by atoms with E-state index in [1.54, 1.807) is 20.3 Å². The van der Waals surface area contributed by atoms with E-state index in [-0.39, 0.29) is 41.5 Å². The largest absolute Gasteiger partial charge is 0.493 e. The first-order valence-corrected chi connectivity index (χ1v) is 13.5. The van der Waals surface area contributed by atoms with E-state index in [0.29, 0.717) is 42.1 Å². The Bertz CT molecular complexity index is 1210. The Kier molecular flexibility index (Phi) is 9.45. The van der Waals surface area contributed by atoms with Gasteiger partial charge in [0.05, 0.1) is 40.1 Å². The molecule has 2 aromatic rings. The third-order valence-electron chi connectivity index (χ3n) is 5.90. The Morgan fingerprint density at radius 1 is 0.946 bits per heavy atom. The molecular weight excluding hydrogens is 500 g/mol. The van der Waals surface area contributed by atoms with Crippen LogP contribution in [0.25, 0.3) is 0 Å². The molecule has 0 aliphatic carbocycles. The summed E-state index contributed by atoms with van der Waals surface area (Å²) >= 11 is 0. The second kappa shape index (κ2) is 12.3. The van der Waals surface area contributed by atoms with Crippen LogP contribution in [0.2, 0.25) is 0 Å². The normalized spacial score (nSPS) is 17.2. The number of ketones is 1. The molecule has 0 saturated carbocycles. The van der Waals surface area contributed by atoms with Crippen molar-refractivity contribution in [2.24, 2.45) is 0 Å². The summed E-state index contributed by atoms with van der Waals surface area (Å²) in [6.45, 7) is 6.80.